The van der Waals surface area contributed by atoms with Gasteiger partial charge in [-0.05, 0) is 136 Å². The summed E-state index contributed by atoms with van der Waals surface area (Å²) < 4.78 is 6.35. The highest BCUT2D eigenvalue weighted by Gasteiger charge is 2.72. The number of carboxylic acid groups (broad SMARTS) is 1. The van der Waals surface area contributed by atoms with Crippen LogP contribution in [0.25, 0.3) is 0 Å². The number of likely N-dealkylation sites (tertiary alicyclic amines) is 1. The van der Waals surface area contributed by atoms with Crippen molar-refractivity contribution in [1.82, 2.24) is 4.90 Å². The molecule has 0 bridgehead atoms. The lowest BCUT2D eigenvalue weighted by Crippen LogP contribution is -2.67. The van der Waals surface area contributed by atoms with Crippen molar-refractivity contribution in [3.63, 3.8) is 0 Å². The molecule has 0 aromatic rings. The minimum absolute atomic E-state index is 0.0213. The van der Waals surface area contributed by atoms with Crippen LogP contribution in [0.4, 0.5) is 4.79 Å². The van der Waals surface area contributed by atoms with Crippen molar-refractivity contribution in [2.45, 2.75) is 131 Å². The number of fused-ring (bicyclic) bond motifs is 7. The third-order valence-corrected chi connectivity index (χ3v) is 15.3. The maximum atomic E-state index is 13.2. The van der Waals surface area contributed by atoms with Gasteiger partial charge in [0.15, 0.2) is 0 Å². The largest absolute Gasteiger partial charge is 0.481 e. The molecule has 1 heterocycles. The molecule has 5 aliphatic carbocycles. The molecule has 6 rings (SSSR count). The van der Waals surface area contributed by atoms with E-state index in [2.05, 4.69) is 48.1 Å². The molecule has 10 atom stereocenters. The van der Waals surface area contributed by atoms with Gasteiger partial charge in [0, 0.05) is 18.5 Å². The Morgan fingerprint density at radius 3 is 2.17 bits per heavy atom. The van der Waals surface area contributed by atoms with Gasteiger partial charge in [0.1, 0.15) is 6.10 Å². The van der Waals surface area contributed by atoms with E-state index in [1.165, 1.54) is 31.3 Å². The van der Waals surface area contributed by atoms with Crippen molar-refractivity contribution in [3.8, 4) is 0 Å². The van der Waals surface area contributed by atoms with Gasteiger partial charge in [0.2, 0.25) is 0 Å². The molecule has 41 heavy (non-hydrogen) atoms. The minimum Gasteiger partial charge on any atom is -0.481 e. The van der Waals surface area contributed by atoms with Crippen LogP contribution in [0.2, 0.25) is 0 Å². The monoisotopic (exact) mass is 567 g/mol. The Bertz CT molecular complexity index is 1090. The summed E-state index contributed by atoms with van der Waals surface area (Å²) in [6, 6.07) is 0. The number of rotatable bonds is 3. The molecule has 5 nitrogen and oxygen atoms in total. The first kappa shape index (κ1) is 29.5. The second-order valence-electron chi connectivity index (χ2n) is 16.9. The van der Waals surface area contributed by atoms with E-state index in [-0.39, 0.29) is 39.8 Å². The number of nitrogens with zero attached hydrogens (tertiary/aromatic N) is 1. The summed E-state index contributed by atoms with van der Waals surface area (Å²) in [6.45, 7) is 20.7. The van der Waals surface area contributed by atoms with Gasteiger partial charge in [-0.1, -0.05) is 46.8 Å². The summed E-state index contributed by atoms with van der Waals surface area (Å²) in [5.41, 5.74) is 1.14. The number of allylic oxidation sites excluding steroid dienone is 1. The number of hydrogen-bond acceptors (Lipinski definition) is 3. The Morgan fingerprint density at radius 1 is 0.805 bits per heavy atom. The summed E-state index contributed by atoms with van der Waals surface area (Å²) in [5.74, 6) is 1.61. The number of carbonyl (C=O) groups excluding carboxylic acids is 1. The number of hydrogen-bond donors (Lipinski definition) is 1. The van der Waals surface area contributed by atoms with Crippen LogP contribution in [0.5, 0.6) is 0 Å². The number of carboxylic acids is 1. The molecule has 1 amide bonds. The highest BCUT2D eigenvalue weighted by molar-refractivity contribution is 5.76. The standard InChI is InChI=1S/C36H57NO4/c1-23(2)24-13-18-36(30(38)39)20-19-34(6)25(29(24)36)11-12-27-33(5)16-15-28(41-31(40)37-21-9-8-10-22-37)32(3,4)26(33)14-17-35(27,34)7/h24-29H,1,8-22H2,2-7H3,(H,38,39)/t24-,25+,26-,27+,28-,29+,33-,34+,35+,36-/m0/s1. The van der Waals surface area contributed by atoms with E-state index in [4.69, 9.17) is 4.74 Å². The first-order chi connectivity index (χ1) is 19.2. The minimum atomic E-state index is -0.559. The van der Waals surface area contributed by atoms with Crippen molar-refractivity contribution in [3.05, 3.63) is 12.2 Å². The molecule has 1 aliphatic heterocycles. The van der Waals surface area contributed by atoms with Crippen LogP contribution in [0, 0.1) is 56.7 Å². The highest BCUT2D eigenvalue weighted by atomic mass is 16.6. The summed E-state index contributed by atoms with van der Waals surface area (Å²) >= 11 is 0. The van der Waals surface area contributed by atoms with E-state index in [9.17, 15) is 14.7 Å². The summed E-state index contributed by atoms with van der Waals surface area (Å²) in [4.78, 5) is 28.0. The molecular formula is C36H57NO4. The molecule has 6 aliphatic rings. The van der Waals surface area contributed by atoms with E-state index in [0.29, 0.717) is 23.7 Å². The molecule has 5 saturated carbocycles. The molecule has 1 saturated heterocycles. The molecule has 0 aromatic heterocycles. The SMILES string of the molecule is C=C(C)[C@@H]1CC[C@]2(C(=O)O)CC[C@]3(C)[C@H](CC[C@@H]4[C@@]5(C)CC[C@H](OC(=O)N6CCCCC6)C(C)(C)[C@@H]5CC[C@]43C)[C@@H]12. The fourth-order valence-corrected chi connectivity index (χ4v) is 13.0. The second-order valence-corrected chi connectivity index (χ2v) is 16.9. The predicted octanol–water partition coefficient (Wildman–Crippen LogP) is 8.72. The number of aliphatic carboxylic acids is 1. The van der Waals surface area contributed by atoms with Crippen LogP contribution in [-0.2, 0) is 9.53 Å². The molecule has 0 unspecified atom stereocenters. The topological polar surface area (TPSA) is 66.8 Å². The average molecular weight is 568 g/mol. The lowest BCUT2D eigenvalue weighted by molar-refractivity contribution is -0.248. The molecule has 1 N–H and O–H groups in total. The van der Waals surface area contributed by atoms with Crippen molar-refractivity contribution in [1.29, 1.82) is 0 Å². The normalized spacial score (nSPS) is 48.7. The number of piperidine rings is 1. The van der Waals surface area contributed by atoms with Crippen LogP contribution < -0.4 is 0 Å². The zero-order valence-corrected chi connectivity index (χ0v) is 26.9. The predicted molar refractivity (Wildman–Crippen MR) is 162 cm³/mol. The van der Waals surface area contributed by atoms with Crippen LogP contribution in [0.15, 0.2) is 12.2 Å². The fraction of sp³-hybridized carbons (Fsp3) is 0.889. The molecule has 0 spiro atoms. The Kier molecular flexibility index (Phi) is 7.02. The first-order valence-electron chi connectivity index (χ1n) is 17.1. The van der Waals surface area contributed by atoms with Crippen LogP contribution in [-0.4, -0.2) is 41.3 Å². The van der Waals surface area contributed by atoms with E-state index in [1.54, 1.807) is 0 Å². The Morgan fingerprint density at radius 2 is 1.51 bits per heavy atom. The molecule has 6 fully saturated rings. The zero-order valence-electron chi connectivity index (χ0n) is 26.9. The molecule has 5 heteroatoms. The van der Waals surface area contributed by atoms with Gasteiger partial charge < -0.3 is 14.7 Å². The number of ether oxygens (including phenoxy) is 1. The van der Waals surface area contributed by atoms with E-state index >= 15 is 0 Å². The van der Waals surface area contributed by atoms with Gasteiger partial charge in [0.05, 0.1) is 5.41 Å². The van der Waals surface area contributed by atoms with Crippen molar-refractivity contribution in [2.75, 3.05) is 13.1 Å². The molecule has 0 aromatic carbocycles. The zero-order chi connectivity index (χ0) is 29.6. The van der Waals surface area contributed by atoms with Gasteiger partial charge in [0.25, 0.3) is 0 Å². The fourth-order valence-electron chi connectivity index (χ4n) is 13.0. The third-order valence-electron chi connectivity index (χ3n) is 15.3. The van der Waals surface area contributed by atoms with Crippen molar-refractivity contribution in [2.24, 2.45) is 56.7 Å². The highest BCUT2D eigenvalue weighted by Crippen LogP contribution is 2.77. The maximum Gasteiger partial charge on any atom is 0.410 e. The maximum absolute atomic E-state index is 13.2. The van der Waals surface area contributed by atoms with Gasteiger partial charge in [-0.15, -0.1) is 0 Å². The van der Waals surface area contributed by atoms with Crippen LogP contribution in [0.1, 0.15) is 125 Å². The third kappa shape index (κ3) is 3.98. The quantitative estimate of drug-likeness (QED) is 0.346. The molecular weight excluding hydrogens is 510 g/mol. The van der Waals surface area contributed by atoms with Gasteiger partial charge in [-0.25, -0.2) is 4.79 Å². The molecule has 230 valence electrons. The van der Waals surface area contributed by atoms with Gasteiger partial charge >= 0.3 is 12.1 Å². The summed E-state index contributed by atoms with van der Waals surface area (Å²) in [7, 11) is 0. The Balaban J connectivity index is 1.28. The summed E-state index contributed by atoms with van der Waals surface area (Å²) in [6.07, 6.45) is 13.8. The first-order valence-corrected chi connectivity index (χ1v) is 17.1. The Hall–Kier alpha value is -1.52. The Labute approximate surface area is 249 Å². The smallest absolute Gasteiger partial charge is 0.410 e. The van der Waals surface area contributed by atoms with Gasteiger partial charge in [-0.2, -0.15) is 0 Å². The van der Waals surface area contributed by atoms with Crippen LogP contribution in [0.3, 0.4) is 0 Å². The lowest BCUT2D eigenvalue weighted by atomic mass is 9.32. The second kappa shape index (κ2) is 9.74. The number of amides is 1. The van der Waals surface area contributed by atoms with E-state index in [0.717, 1.165) is 70.9 Å². The lowest BCUT2D eigenvalue weighted by Gasteiger charge is -2.72. The van der Waals surface area contributed by atoms with E-state index in [1.807, 2.05) is 4.90 Å². The van der Waals surface area contributed by atoms with Crippen LogP contribution >= 0.6 is 0 Å². The summed E-state index contributed by atoms with van der Waals surface area (Å²) in [5, 5.41) is 10.6. The molecule has 0 radical (unpaired) electrons. The van der Waals surface area contributed by atoms with Crippen molar-refractivity contribution >= 4 is 12.1 Å². The van der Waals surface area contributed by atoms with E-state index < -0.39 is 11.4 Å². The number of carbonyl (C=O) groups is 2. The van der Waals surface area contributed by atoms with Crippen molar-refractivity contribution < 1.29 is 19.4 Å². The van der Waals surface area contributed by atoms with Gasteiger partial charge in [-0.3, -0.25) is 4.79 Å². The average Bonchev–Trinajstić information content (AvgIpc) is 3.33.